The average molecular weight is 357 g/mol. The van der Waals surface area contributed by atoms with Crippen molar-refractivity contribution in [2.75, 3.05) is 12.4 Å². The molecule has 5 heteroatoms. The van der Waals surface area contributed by atoms with Gasteiger partial charge in [0, 0.05) is 11.0 Å². The molecule has 0 aliphatic carbocycles. The maximum Gasteiger partial charge on any atom is 0.143 e. The third kappa shape index (κ3) is 3.38. The fraction of sp³-hybridized carbons (Fsp3) is 0.200. The molecular weight excluding hydrogens is 342 g/mol. The summed E-state index contributed by atoms with van der Waals surface area (Å²) in [6.45, 7) is 2.61. The van der Waals surface area contributed by atoms with E-state index in [4.69, 9.17) is 16.3 Å². The topological polar surface area (TPSA) is 41.5 Å². The molecule has 2 N–H and O–H groups in total. The minimum Gasteiger partial charge on any atom is -0.506 e. The van der Waals surface area contributed by atoms with Crippen molar-refractivity contribution in [1.82, 2.24) is 0 Å². The second-order valence-corrected chi connectivity index (χ2v) is 5.76. The van der Waals surface area contributed by atoms with Gasteiger partial charge in [0.1, 0.15) is 11.5 Å². The van der Waals surface area contributed by atoms with E-state index in [1.807, 2.05) is 25.1 Å². The van der Waals surface area contributed by atoms with Crippen LogP contribution in [0.25, 0.3) is 0 Å². The Balaban J connectivity index is 2.20. The fourth-order valence-electron chi connectivity index (χ4n) is 1.95. The average Bonchev–Trinajstić information content (AvgIpc) is 2.40. The molecule has 2 aromatic carbocycles. The Bertz CT molecular complexity index is 632. The van der Waals surface area contributed by atoms with Crippen molar-refractivity contribution in [2.24, 2.45) is 0 Å². The van der Waals surface area contributed by atoms with Crippen LogP contribution in [0.4, 0.5) is 5.69 Å². The molecule has 20 heavy (non-hydrogen) atoms. The predicted octanol–water partition coefficient (Wildman–Crippen LogP) is 4.74. The molecule has 0 fully saturated rings. The number of hydrogen-bond donors (Lipinski definition) is 2. The van der Waals surface area contributed by atoms with Gasteiger partial charge in [-0.1, -0.05) is 33.6 Å². The first kappa shape index (κ1) is 15.0. The Morgan fingerprint density at radius 1 is 1.30 bits per heavy atom. The van der Waals surface area contributed by atoms with Crippen LogP contribution < -0.4 is 10.1 Å². The highest BCUT2D eigenvalue weighted by Crippen LogP contribution is 2.32. The first-order valence-corrected chi connectivity index (χ1v) is 7.23. The number of anilines is 1. The summed E-state index contributed by atoms with van der Waals surface area (Å²) >= 11 is 9.35. The molecule has 0 radical (unpaired) electrons. The Kier molecular flexibility index (Phi) is 4.78. The Hall–Kier alpha value is -1.39. The number of phenols is 1. The largest absolute Gasteiger partial charge is 0.506 e. The van der Waals surface area contributed by atoms with Gasteiger partial charge in [0.25, 0.3) is 0 Å². The summed E-state index contributed by atoms with van der Waals surface area (Å²) < 4.78 is 6.36. The van der Waals surface area contributed by atoms with Crippen LogP contribution in [0.15, 0.2) is 34.8 Å². The van der Waals surface area contributed by atoms with Crippen molar-refractivity contribution in [3.05, 3.63) is 51.0 Å². The Labute approximate surface area is 131 Å². The lowest BCUT2D eigenvalue weighted by molar-refractivity contribution is 0.416. The zero-order chi connectivity index (χ0) is 14.7. The third-order valence-corrected chi connectivity index (χ3v) is 3.73. The van der Waals surface area contributed by atoms with Crippen LogP contribution >= 0.6 is 27.5 Å². The van der Waals surface area contributed by atoms with E-state index >= 15 is 0 Å². The number of benzene rings is 2. The number of ether oxygens (including phenoxy) is 1. The standard InChI is InChI=1S/C15H15BrClNO2/c1-9-5-11(16)7-14(20-2)15(9)18-8-10-3-4-13(19)12(17)6-10/h3-7,18-19H,8H2,1-2H3. The molecule has 0 heterocycles. The molecule has 0 unspecified atom stereocenters. The van der Waals surface area contributed by atoms with Crippen LogP contribution in [0, 0.1) is 6.92 Å². The SMILES string of the molecule is COc1cc(Br)cc(C)c1NCc1ccc(O)c(Cl)c1. The van der Waals surface area contributed by atoms with Gasteiger partial charge in [0.2, 0.25) is 0 Å². The van der Waals surface area contributed by atoms with Crippen molar-refractivity contribution < 1.29 is 9.84 Å². The van der Waals surface area contributed by atoms with Gasteiger partial charge in [-0.3, -0.25) is 0 Å². The second kappa shape index (κ2) is 6.37. The summed E-state index contributed by atoms with van der Waals surface area (Å²) in [6, 6.07) is 9.10. The summed E-state index contributed by atoms with van der Waals surface area (Å²) in [5.41, 5.74) is 3.01. The second-order valence-electron chi connectivity index (χ2n) is 4.44. The van der Waals surface area contributed by atoms with Crippen LogP contribution in [0.1, 0.15) is 11.1 Å². The summed E-state index contributed by atoms with van der Waals surface area (Å²) in [4.78, 5) is 0. The summed E-state index contributed by atoms with van der Waals surface area (Å²) in [7, 11) is 1.64. The molecular formula is C15H15BrClNO2. The van der Waals surface area contributed by atoms with Gasteiger partial charge in [-0.15, -0.1) is 0 Å². The minimum atomic E-state index is 0.0906. The van der Waals surface area contributed by atoms with Crippen LogP contribution in [0.5, 0.6) is 11.5 Å². The maximum atomic E-state index is 9.41. The van der Waals surface area contributed by atoms with Gasteiger partial charge in [-0.25, -0.2) is 0 Å². The molecule has 2 rings (SSSR count). The molecule has 2 aromatic rings. The van der Waals surface area contributed by atoms with E-state index in [1.165, 1.54) is 0 Å². The van der Waals surface area contributed by atoms with Gasteiger partial charge in [-0.2, -0.15) is 0 Å². The van der Waals surface area contributed by atoms with Crippen LogP contribution in [0.2, 0.25) is 5.02 Å². The molecule has 3 nitrogen and oxygen atoms in total. The highest BCUT2D eigenvalue weighted by Gasteiger charge is 2.08. The number of phenolic OH excluding ortho intramolecular Hbond substituents is 1. The zero-order valence-corrected chi connectivity index (χ0v) is 13.5. The normalized spacial score (nSPS) is 10.4. The number of rotatable bonds is 4. The molecule has 0 spiro atoms. The Morgan fingerprint density at radius 2 is 2.05 bits per heavy atom. The van der Waals surface area contributed by atoms with Crippen molar-refractivity contribution in [2.45, 2.75) is 13.5 Å². The number of aromatic hydroxyl groups is 1. The zero-order valence-electron chi connectivity index (χ0n) is 11.2. The van der Waals surface area contributed by atoms with Gasteiger partial charge in [-0.05, 0) is 42.3 Å². The number of halogens is 2. The highest BCUT2D eigenvalue weighted by atomic mass is 79.9. The van der Waals surface area contributed by atoms with Crippen molar-refractivity contribution in [3.63, 3.8) is 0 Å². The first-order chi connectivity index (χ1) is 9.51. The van der Waals surface area contributed by atoms with Crippen molar-refractivity contribution >= 4 is 33.2 Å². The van der Waals surface area contributed by atoms with E-state index in [-0.39, 0.29) is 5.75 Å². The monoisotopic (exact) mass is 355 g/mol. The molecule has 0 atom stereocenters. The predicted molar refractivity (Wildman–Crippen MR) is 85.9 cm³/mol. The Morgan fingerprint density at radius 3 is 2.70 bits per heavy atom. The van der Waals surface area contributed by atoms with Crippen LogP contribution in [0.3, 0.4) is 0 Å². The van der Waals surface area contributed by atoms with Gasteiger partial charge >= 0.3 is 0 Å². The lowest BCUT2D eigenvalue weighted by atomic mass is 10.1. The molecule has 0 bridgehead atoms. The summed E-state index contributed by atoms with van der Waals surface area (Å²) in [5.74, 6) is 0.870. The molecule has 106 valence electrons. The number of hydrogen-bond acceptors (Lipinski definition) is 3. The number of aryl methyl sites for hydroxylation is 1. The highest BCUT2D eigenvalue weighted by molar-refractivity contribution is 9.10. The van der Waals surface area contributed by atoms with Crippen LogP contribution in [-0.4, -0.2) is 12.2 Å². The van der Waals surface area contributed by atoms with Gasteiger partial charge in [0.15, 0.2) is 0 Å². The van der Waals surface area contributed by atoms with E-state index in [0.717, 1.165) is 27.0 Å². The van der Waals surface area contributed by atoms with E-state index in [9.17, 15) is 5.11 Å². The number of methoxy groups -OCH3 is 1. The third-order valence-electron chi connectivity index (χ3n) is 2.97. The molecule has 0 aromatic heterocycles. The van der Waals surface area contributed by atoms with Crippen LogP contribution in [-0.2, 0) is 6.54 Å². The van der Waals surface area contributed by atoms with Gasteiger partial charge < -0.3 is 15.2 Å². The molecule has 0 amide bonds. The lowest BCUT2D eigenvalue weighted by Crippen LogP contribution is -2.03. The molecule has 0 saturated carbocycles. The smallest absolute Gasteiger partial charge is 0.143 e. The van der Waals surface area contributed by atoms with Gasteiger partial charge in [0.05, 0.1) is 17.8 Å². The van der Waals surface area contributed by atoms with E-state index < -0.39 is 0 Å². The maximum absolute atomic E-state index is 9.41. The van der Waals surface area contributed by atoms with Crippen molar-refractivity contribution in [1.29, 1.82) is 0 Å². The van der Waals surface area contributed by atoms with E-state index in [1.54, 1.807) is 19.2 Å². The molecule has 0 saturated heterocycles. The number of nitrogens with one attached hydrogen (secondary N) is 1. The fourth-order valence-corrected chi connectivity index (χ4v) is 2.71. The molecule has 0 aliphatic rings. The molecule has 0 aliphatic heterocycles. The summed E-state index contributed by atoms with van der Waals surface area (Å²) in [6.07, 6.45) is 0. The van der Waals surface area contributed by atoms with E-state index in [0.29, 0.717) is 11.6 Å². The lowest BCUT2D eigenvalue weighted by Gasteiger charge is -2.15. The summed E-state index contributed by atoms with van der Waals surface area (Å²) in [5, 5.41) is 13.1. The quantitative estimate of drug-likeness (QED) is 0.831. The minimum absolute atomic E-state index is 0.0906. The van der Waals surface area contributed by atoms with Crippen molar-refractivity contribution in [3.8, 4) is 11.5 Å². The van der Waals surface area contributed by atoms with E-state index in [2.05, 4.69) is 21.2 Å². The first-order valence-electron chi connectivity index (χ1n) is 6.06.